The Bertz CT molecular complexity index is 773. The maximum absolute atomic E-state index is 12.9. The zero-order valence-electron chi connectivity index (χ0n) is 11.9. The first-order valence-electron chi connectivity index (χ1n) is 6.71. The highest BCUT2D eigenvalue weighted by Gasteiger charge is 2.21. The van der Waals surface area contributed by atoms with Crippen LogP contribution in [-0.4, -0.2) is 13.1 Å². The number of esters is 1. The number of halogens is 1. The molecule has 0 aromatic heterocycles. The summed E-state index contributed by atoms with van der Waals surface area (Å²) in [6.07, 6.45) is 3.37. The number of rotatable bonds is 3. The van der Waals surface area contributed by atoms with Crippen molar-refractivity contribution >= 4 is 17.8 Å². The lowest BCUT2D eigenvalue weighted by Gasteiger charge is -2.01. The van der Waals surface area contributed by atoms with E-state index in [1.54, 1.807) is 31.4 Å². The lowest BCUT2D eigenvalue weighted by Crippen LogP contribution is -1.97. The van der Waals surface area contributed by atoms with Gasteiger partial charge in [-0.2, -0.15) is 0 Å². The zero-order chi connectivity index (χ0) is 15.5. The van der Waals surface area contributed by atoms with Gasteiger partial charge < -0.3 is 9.47 Å². The first-order chi connectivity index (χ1) is 10.7. The van der Waals surface area contributed by atoms with Crippen molar-refractivity contribution in [3.63, 3.8) is 0 Å². The number of methoxy groups -OCH3 is 1. The van der Waals surface area contributed by atoms with Gasteiger partial charge in [-0.1, -0.05) is 12.1 Å². The molecule has 0 N–H and O–H groups in total. The van der Waals surface area contributed by atoms with Crippen LogP contribution >= 0.6 is 0 Å². The third-order valence-electron chi connectivity index (χ3n) is 3.27. The van der Waals surface area contributed by atoms with Gasteiger partial charge in [-0.05, 0) is 54.1 Å². The highest BCUT2D eigenvalue weighted by Crippen LogP contribution is 2.28. The fourth-order valence-electron chi connectivity index (χ4n) is 2.16. The minimum atomic E-state index is -0.429. The van der Waals surface area contributed by atoms with Gasteiger partial charge in [0, 0.05) is 5.56 Å². The standard InChI is InChI=1S/C18H13FO3/c1-21-16-4-2-3-12(10-16)9-14-11-17(22-18(14)20)13-5-7-15(19)8-6-13/h2-11H,1H3/b14-9-. The molecule has 1 aliphatic rings. The van der Waals surface area contributed by atoms with E-state index in [0.717, 1.165) is 5.56 Å². The van der Waals surface area contributed by atoms with Crippen LogP contribution in [0.1, 0.15) is 11.1 Å². The monoisotopic (exact) mass is 296 g/mol. The number of cyclic esters (lactones) is 1. The molecule has 22 heavy (non-hydrogen) atoms. The van der Waals surface area contributed by atoms with Crippen molar-refractivity contribution in [2.45, 2.75) is 0 Å². The van der Waals surface area contributed by atoms with E-state index in [2.05, 4.69) is 0 Å². The normalized spacial score (nSPS) is 15.6. The Kier molecular flexibility index (Phi) is 3.74. The number of ether oxygens (including phenoxy) is 2. The summed E-state index contributed by atoms with van der Waals surface area (Å²) in [5, 5.41) is 0. The van der Waals surface area contributed by atoms with E-state index in [9.17, 15) is 9.18 Å². The summed E-state index contributed by atoms with van der Waals surface area (Å²) < 4.78 is 23.3. The molecule has 0 aliphatic carbocycles. The number of hydrogen-bond donors (Lipinski definition) is 0. The summed E-state index contributed by atoms with van der Waals surface area (Å²) in [6.45, 7) is 0. The lowest BCUT2D eigenvalue weighted by molar-refractivity contribution is -0.130. The molecule has 0 amide bonds. The number of carbonyl (C=O) groups is 1. The second-order valence-electron chi connectivity index (χ2n) is 4.78. The molecule has 3 nitrogen and oxygen atoms in total. The van der Waals surface area contributed by atoms with Crippen molar-refractivity contribution in [2.75, 3.05) is 7.11 Å². The Hall–Kier alpha value is -2.88. The predicted octanol–water partition coefficient (Wildman–Crippen LogP) is 3.82. The van der Waals surface area contributed by atoms with E-state index in [1.807, 2.05) is 24.3 Å². The molecular weight excluding hydrogens is 283 g/mol. The van der Waals surface area contributed by atoms with Crippen molar-refractivity contribution in [3.05, 3.63) is 77.1 Å². The van der Waals surface area contributed by atoms with Gasteiger partial charge in [0.2, 0.25) is 0 Å². The molecule has 3 rings (SSSR count). The van der Waals surface area contributed by atoms with Crippen LogP contribution in [0.3, 0.4) is 0 Å². The topological polar surface area (TPSA) is 35.5 Å². The largest absolute Gasteiger partial charge is 0.497 e. The second-order valence-corrected chi connectivity index (χ2v) is 4.78. The summed E-state index contributed by atoms with van der Waals surface area (Å²) in [7, 11) is 1.59. The first-order valence-corrected chi connectivity index (χ1v) is 6.71. The van der Waals surface area contributed by atoms with E-state index in [-0.39, 0.29) is 5.82 Å². The molecule has 0 atom stereocenters. The van der Waals surface area contributed by atoms with Crippen LogP contribution in [0.5, 0.6) is 5.75 Å². The third kappa shape index (κ3) is 2.91. The Morgan fingerprint density at radius 3 is 2.64 bits per heavy atom. The first kappa shape index (κ1) is 14.1. The van der Waals surface area contributed by atoms with Gasteiger partial charge in [0.15, 0.2) is 0 Å². The molecule has 110 valence electrons. The minimum absolute atomic E-state index is 0.333. The lowest BCUT2D eigenvalue weighted by atomic mass is 10.1. The van der Waals surface area contributed by atoms with Gasteiger partial charge in [0.05, 0.1) is 12.7 Å². The van der Waals surface area contributed by atoms with Crippen LogP contribution in [-0.2, 0) is 9.53 Å². The van der Waals surface area contributed by atoms with E-state index < -0.39 is 5.97 Å². The highest BCUT2D eigenvalue weighted by molar-refractivity contribution is 6.05. The summed E-state index contributed by atoms with van der Waals surface area (Å²) >= 11 is 0. The van der Waals surface area contributed by atoms with Crippen LogP contribution in [0.25, 0.3) is 11.8 Å². The fourth-order valence-corrected chi connectivity index (χ4v) is 2.16. The van der Waals surface area contributed by atoms with Crippen LogP contribution in [0, 0.1) is 5.82 Å². The molecule has 0 fully saturated rings. The van der Waals surface area contributed by atoms with Crippen molar-refractivity contribution in [2.24, 2.45) is 0 Å². The molecule has 0 saturated heterocycles. The number of benzene rings is 2. The van der Waals surface area contributed by atoms with Gasteiger partial charge in [-0.15, -0.1) is 0 Å². The smallest absolute Gasteiger partial charge is 0.343 e. The third-order valence-corrected chi connectivity index (χ3v) is 3.27. The van der Waals surface area contributed by atoms with Gasteiger partial charge in [-0.3, -0.25) is 0 Å². The van der Waals surface area contributed by atoms with E-state index in [4.69, 9.17) is 9.47 Å². The second kappa shape index (κ2) is 5.85. The molecule has 0 radical (unpaired) electrons. The van der Waals surface area contributed by atoms with Gasteiger partial charge in [0.25, 0.3) is 0 Å². The maximum atomic E-state index is 12.9. The van der Waals surface area contributed by atoms with E-state index >= 15 is 0 Å². The Labute approximate surface area is 127 Å². The molecule has 1 aliphatic heterocycles. The summed E-state index contributed by atoms with van der Waals surface area (Å²) in [4.78, 5) is 11.9. The number of carbonyl (C=O) groups excluding carboxylic acids is 1. The molecule has 0 saturated carbocycles. The Morgan fingerprint density at radius 2 is 1.91 bits per heavy atom. The summed E-state index contributed by atoms with van der Waals surface area (Å²) in [5.74, 6) is 0.366. The van der Waals surface area contributed by atoms with Crippen LogP contribution in [0.2, 0.25) is 0 Å². The maximum Gasteiger partial charge on any atom is 0.343 e. The van der Waals surface area contributed by atoms with Crippen molar-refractivity contribution in [1.29, 1.82) is 0 Å². The van der Waals surface area contributed by atoms with E-state index in [1.165, 1.54) is 12.1 Å². The molecule has 4 heteroatoms. The molecular formula is C18H13FO3. The number of hydrogen-bond acceptors (Lipinski definition) is 3. The highest BCUT2D eigenvalue weighted by atomic mass is 19.1. The van der Waals surface area contributed by atoms with Gasteiger partial charge in [0.1, 0.15) is 17.3 Å². The van der Waals surface area contributed by atoms with Crippen LogP contribution < -0.4 is 4.74 Å². The predicted molar refractivity (Wildman–Crippen MR) is 81.4 cm³/mol. The molecule has 0 spiro atoms. The minimum Gasteiger partial charge on any atom is -0.497 e. The SMILES string of the molecule is COc1cccc(/C=C2/C=C(c3ccc(F)cc3)OC2=O)c1. The van der Waals surface area contributed by atoms with Gasteiger partial charge in [-0.25, -0.2) is 9.18 Å². The van der Waals surface area contributed by atoms with Crippen molar-refractivity contribution in [1.82, 2.24) is 0 Å². The molecule has 0 unspecified atom stereocenters. The Morgan fingerprint density at radius 1 is 1.14 bits per heavy atom. The van der Waals surface area contributed by atoms with E-state index in [0.29, 0.717) is 22.6 Å². The van der Waals surface area contributed by atoms with Crippen molar-refractivity contribution < 1.29 is 18.7 Å². The summed E-state index contributed by atoms with van der Waals surface area (Å²) in [5.41, 5.74) is 1.93. The molecule has 2 aromatic rings. The fraction of sp³-hybridized carbons (Fsp3) is 0.0556. The van der Waals surface area contributed by atoms with Crippen LogP contribution in [0.4, 0.5) is 4.39 Å². The quantitative estimate of drug-likeness (QED) is 0.638. The average molecular weight is 296 g/mol. The van der Waals surface area contributed by atoms with Gasteiger partial charge >= 0.3 is 5.97 Å². The zero-order valence-corrected chi connectivity index (χ0v) is 11.9. The summed E-state index contributed by atoms with van der Waals surface area (Å²) in [6, 6.07) is 13.2. The molecule has 0 bridgehead atoms. The molecule has 2 aromatic carbocycles. The molecule has 1 heterocycles. The van der Waals surface area contributed by atoms with Crippen molar-refractivity contribution in [3.8, 4) is 5.75 Å². The van der Waals surface area contributed by atoms with Crippen LogP contribution in [0.15, 0.2) is 60.2 Å². The Balaban J connectivity index is 1.92. The average Bonchev–Trinajstić information content (AvgIpc) is 2.89.